The van der Waals surface area contributed by atoms with E-state index in [2.05, 4.69) is 42.3 Å². The fourth-order valence-electron chi connectivity index (χ4n) is 4.12. The predicted molar refractivity (Wildman–Crippen MR) is 130 cm³/mol. The first-order valence-electron chi connectivity index (χ1n) is 10.5. The van der Waals surface area contributed by atoms with Crippen LogP contribution in [-0.4, -0.2) is 33.7 Å². The van der Waals surface area contributed by atoms with Gasteiger partial charge in [-0.25, -0.2) is 22.2 Å². The lowest BCUT2D eigenvalue weighted by atomic mass is 10.0. The number of ether oxygens (including phenoxy) is 1. The lowest BCUT2D eigenvalue weighted by Gasteiger charge is -2.29. The molecule has 3 aromatic rings. The molecule has 1 aliphatic rings. The highest BCUT2D eigenvalue weighted by Crippen LogP contribution is 2.38. The Hall–Kier alpha value is -2.25. The van der Waals surface area contributed by atoms with Gasteiger partial charge in [-0.1, -0.05) is 34.1 Å². The Bertz CT molecular complexity index is 1410. The largest absolute Gasteiger partial charge is 0.378 e. The molecular formula is C22H20Br2F4N4O3. The van der Waals surface area contributed by atoms with Crippen molar-refractivity contribution in [2.24, 2.45) is 7.05 Å². The molecule has 1 fully saturated rings. The molecule has 188 valence electrons. The Kier molecular flexibility index (Phi) is 7.13. The molecule has 0 unspecified atom stereocenters. The van der Waals surface area contributed by atoms with Gasteiger partial charge in [-0.3, -0.25) is 9.59 Å². The second-order valence-electron chi connectivity index (χ2n) is 8.31. The van der Waals surface area contributed by atoms with E-state index in [0.717, 1.165) is 10.7 Å². The Balaban J connectivity index is 1.91. The van der Waals surface area contributed by atoms with Crippen molar-refractivity contribution >= 4 is 48.5 Å². The zero-order valence-electron chi connectivity index (χ0n) is 18.5. The summed E-state index contributed by atoms with van der Waals surface area (Å²) < 4.78 is 61.8. The number of aryl methyl sites for hydroxylation is 1. The van der Waals surface area contributed by atoms with E-state index in [-0.39, 0.29) is 46.3 Å². The van der Waals surface area contributed by atoms with Crippen molar-refractivity contribution in [3.8, 4) is 0 Å². The number of nitrogens with one attached hydrogen (secondary N) is 1. The Morgan fingerprint density at radius 2 is 2.00 bits per heavy atom. The van der Waals surface area contributed by atoms with Gasteiger partial charge in [0.15, 0.2) is 5.82 Å². The molecule has 4 rings (SSSR count). The van der Waals surface area contributed by atoms with Crippen molar-refractivity contribution in [1.82, 2.24) is 14.3 Å². The first kappa shape index (κ1) is 25.8. The van der Waals surface area contributed by atoms with Crippen LogP contribution in [0.25, 0.3) is 10.8 Å². The number of fused-ring (bicyclic) bond motifs is 1. The number of halogens is 6. The van der Waals surface area contributed by atoms with Crippen molar-refractivity contribution in [1.29, 1.82) is 0 Å². The Morgan fingerprint density at radius 3 is 2.66 bits per heavy atom. The predicted octanol–water partition coefficient (Wildman–Crippen LogP) is 4.91. The van der Waals surface area contributed by atoms with Gasteiger partial charge in [0.2, 0.25) is 0 Å². The van der Waals surface area contributed by atoms with E-state index < -0.39 is 45.6 Å². The molecule has 0 saturated carbocycles. The van der Waals surface area contributed by atoms with E-state index in [9.17, 15) is 27.2 Å². The zero-order chi connectivity index (χ0) is 25.7. The maximum absolute atomic E-state index is 14.9. The summed E-state index contributed by atoms with van der Waals surface area (Å²) in [5.74, 6) is -1.07. The van der Waals surface area contributed by atoms with Gasteiger partial charge in [0, 0.05) is 30.8 Å². The van der Waals surface area contributed by atoms with Crippen LogP contribution >= 0.6 is 31.9 Å². The van der Waals surface area contributed by atoms with Gasteiger partial charge in [0.25, 0.3) is 17.5 Å². The van der Waals surface area contributed by atoms with Crippen molar-refractivity contribution in [3.63, 3.8) is 0 Å². The first-order chi connectivity index (χ1) is 16.4. The highest BCUT2D eigenvalue weighted by molar-refractivity contribution is 9.10. The van der Waals surface area contributed by atoms with E-state index in [4.69, 9.17) is 4.74 Å². The van der Waals surface area contributed by atoms with Gasteiger partial charge in [-0.2, -0.15) is 5.10 Å². The van der Waals surface area contributed by atoms with Crippen LogP contribution in [0.5, 0.6) is 0 Å². The number of hydrogen-bond acceptors (Lipinski definition) is 5. The molecule has 1 saturated heterocycles. The molecule has 35 heavy (non-hydrogen) atoms. The molecule has 3 heterocycles. The number of hydrogen-bond donors (Lipinski definition) is 1. The fourth-order valence-corrected chi connectivity index (χ4v) is 5.20. The number of aromatic nitrogens is 3. The maximum atomic E-state index is 14.9. The molecule has 13 heteroatoms. The van der Waals surface area contributed by atoms with Crippen LogP contribution in [0.3, 0.4) is 0 Å². The monoisotopic (exact) mass is 622 g/mol. The Morgan fingerprint density at radius 1 is 1.29 bits per heavy atom. The Labute approximate surface area is 213 Å². The third-order valence-corrected chi connectivity index (χ3v) is 7.29. The molecule has 1 aromatic carbocycles. The van der Waals surface area contributed by atoms with E-state index in [1.54, 1.807) is 0 Å². The third-order valence-electron chi connectivity index (χ3n) is 5.92. The lowest BCUT2D eigenvalue weighted by Crippen LogP contribution is -2.38. The minimum absolute atomic E-state index is 0.0150. The molecule has 0 bridgehead atoms. The van der Waals surface area contributed by atoms with Crippen LogP contribution in [0.2, 0.25) is 0 Å². The topological polar surface area (TPSA) is 78.2 Å². The van der Waals surface area contributed by atoms with Gasteiger partial charge in [0.05, 0.1) is 28.1 Å². The standard InChI is InChI=1S/C22H20Br2F4N4O3/c1-22(24,12-5-3-4-10(17(12)26)18(27)28)29-19-11-8-32(14-6-7-35-9-13(14)25)21(34)16(23)15(11)20(33)31(2)30-19/h3-5,8,13-14,18H,6-7,9H2,1-2H3,(H,29,30)/t13-,14+,22-/m0/s1. The van der Waals surface area contributed by atoms with Crippen LogP contribution in [-0.2, 0) is 16.2 Å². The third kappa shape index (κ3) is 4.65. The molecule has 0 spiro atoms. The summed E-state index contributed by atoms with van der Waals surface area (Å²) in [5, 5.41) is 7.31. The second-order valence-corrected chi connectivity index (χ2v) is 10.7. The smallest absolute Gasteiger partial charge is 0.275 e. The van der Waals surface area contributed by atoms with Crippen LogP contribution < -0.4 is 16.4 Å². The highest BCUT2D eigenvalue weighted by atomic mass is 79.9. The van der Waals surface area contributed by atoms with Gasteiger partial charge in [-0.05, 0) is 29.3 Å². The number of alkyl halides is 4. The summed E-state index contributed by atoms with van der Waals surface area (Å²) in [6.45, 7) is 1.57. The van der Waals surface area contributed by atoms with E-state index in [0.29, 0.717) is 0 Å². The normalized spacial score (nSPS) is 20.3. The average Bonchev–Trinajstić information content (AvgIpc) is 2.79. The zero-order valence-corrected chi connectivity index (χ0v) is 21.7. The van der Waals surface area contributed by atoms with Gasteiger partial charge >= 0.3 is 0 Å². The van der Waals surface area contributed by atoms with Crippen LogP contribution in [0, 0.1) is 5.82 Å². The molecule has 1 aliphatic heterocycles. The molecular weight excluding hydrogens is 604 g/mol. The number of nitrogens with zero attached hydrogens (tertiary/aromatic N) is 3. The number of benzene rings is 1. The summed E-state index contributed by atoms with van der Waals surface area (Å²) in [7, 11) is 1.37. The van der Waals surface area contributed by atoms with E-state index in [1.165, 1.54) is 36.9 Å². The van der Waals surface area contributed by atoms with Crippen molar-refractivity contribution in [2.75, 3.05) is 18.5 Å². The highest BCUT2D eigenvalue weighted by Gasteiger charge is 2.33. The van der Waals surface area contributed by atoms with Crippen molar-refractivity contribution < 1.29 is 22.3 Å². The van der Waals surface area contributed by atoms with Gasteiger partial charge < -0.3 is 14.6 Å². The molecule has 0 radical (unpaired) electrons. The summed E-state index contributed by atoms with van der Waals surface area (Å²) in [6, 6.07) is 2.79. The molecule has 0 aliphatic carbocycles. The maximum Gasteiger partial charge on any atom is 0.275 e. The first-order valence-corrected chi connectivity index (χ1v) is 12.1. The lowest BCUT2D eigenvalue weighted by molar-refractivity contribution is 0.00241. The summed E-state index contributed by atoms with van der Waals surface area (Å²) in [5.41, 5.74) is -2.08. The number of rotatable bonds is 5. The van der Waals surface area contributed by atoms with Gasteiger partial charge in [0.1, 0.15) is 16.4 Å². The summed E-state index contributed by atoms with van der Waals surface area (Å²) in [6.07, 6.45) is -2.90. The summed E-state index contributed by atoms with van der Waals surface area (Å²) >= 11 is 6.54. The molecule has 7 nitrogen and oxygen atoms in total. The van der Waals surface area contributed by atoms with Crippen molar-refractivity contribution in [2.45, 2.75) is 36.4 Å². The number of pyridine rings is 1. The van der Waals surface area contributed by atoms with Gasteiger partial charge in [-0.15, -0.1) is 0 Å². The van der Waals surface area contributed by atoms with Crippen LogP contribution in [0.4, 0.5) is 23.4 Å². The molecule has 2 aromatic heterocycles. The van der Waals surface area contributed by atoms with Crippen LogP contribution in [0.1, 0.15) is 36.9 Å². The SMILES string of the molecule is Cn1nc(N[C@](C)(Br)c2cccc(C(F)F)c2F)c2cn([C@@H]3CCOC[C@@H]3F)c(=O)c(Br)c2c1=O. The molecule has 3 atom stereocenters. The minimum Gasteiger partial charge on any atom is -0.378 e. The minimum atomic E-state index is -3.02. The van der Waals surface area contributed by atoms with E-state index >= 15 is 0 Å². The number of anilines is 1. The van der Waals surface area contributed by atoms with Crippen LogP contribution in [0.15, 0.2) is 38.5 Å². The second kappa shape index (κ2) is 9.66. The van der Waals surface area contributed by atoms with E-state index in [1.807, 2.05) is 0 Å². The fraction of sp³-hybridized carbons (Fsp3) is 0.409. The molecule has 1 N–H and O–H groups in total. The molecule has 0 amide bonds. The summed E-state index contributed by atoms with van der Waals surface area (Å²) in [4.78, 5) is 25.9. The quantitative estimate of drug-likeness (QED) is 0.248. The average molecular weight is 624 g/mol. The van der Waals surface area contributed by atoms with Crippen molar-refractivity contribution in [3.05, 3.63) is 66.5 Å².